The SMILES string of the molecule is CNC(CCN(C)C(C)C(C)C)C(C)(C)C. The minimum Gasteiger partial charge on any atom is -0.316 e. The van der Waals surface area contributed by atoms with Gasteiger partial charge in [0.05, 0.1) is 0 Å². The molecule has 0 heterocycles. The Labute approximate surface area is 103 Å². The molecule has 0 rings (SSSR count). The van der Waals surface area contributed by atoms with E-state index in [-0.39, 0.29) is 0 Å². The summed E-state index contributed by atoms with van der Waals surface area (Å²) in [6.07, 6.45) is 1.22. The Morgan fingerprint density at radius 2 is 1.62 bits per heavy atom. The van der Waals surface area contributed by atoms with E-state index in [0.29, 0.717) is 17.5 Å². The summed E-state index contributed by atoms with van der Waals surface area (Å²) in [7, 11) is 4.31. The number of rotatable bonds is 6. The van der Waals surface area contributed by atoms with Crippen molar-refractivity contribution >= 4 is 0 Å². The molecule has 2 atom stereocenters. The average molecular weight is 228 g/mol. The lowest BCUT2D eigenvalue weighted by molar-refractivity contribution is 0.176. The lowest BCUT2D eigenvalue weighted by atomic mass is 9.84. The van der Waals surface area contributed by atoms with Crippen molar-refractivity contribution in [3.63, 3.8) is 0 Å². The fraction of sp³-hybridized carbons (Fsp3) is 1.00. The van der Waals surface area contributed by atoms with Crippen LogP contribution in [-0.2, 0) is 0 Å². The molecule has 0 aromatic rings. The molecule has 0 aliphatic rings. The Morgan fingerprint density at radius 1 is 1.12 bits per heavy atom. The molecule has 0 aromatic heterocycles. The predicted molar refractivity (Wildman–Crippen MR) is 73.8 cm³/mol. The van der Waals surface area contributed by atoms with Gasteiger partial charge in [0.1, 0.15) is 0 Å². The molecule has 0 saturated carbocycles. The quantitative estimate of drug-likeness (QED) is 0.752. The maximum Gasteiger partial charge on any atom is 0.0125 e. The molecule has 0 radical (unpaired) electrons. The molecule has 0 fully saturated rings. The number of nitrogens with zero attached hydrogens (tertiary/aromatic N) is 1. The maximum absolute atomic E-state index is 3.44. The minimum atomic E-state index is 0.344. The van der Waals surface area contributed by atoms with Gasteiger partial charge in [-0.25, -0.2) is 0 Å². The van der Waals surface area contributed by atoms with E-state index in [0.717, 1.165) is 5.92 Å². The normalized spacial score (nSPS) is 16.9. The van der Waals surface area contributed by atoms with Crippen molar-refractivity contribution in [2.45, 2.75) is 60.0 Å². The van der Waals surface area contributed by atoms with Crippen LogP contribution in [0.15, 0.2) is 0 Å². The summed E-state index contributed by atoms with van der Waals surface area (Å²) in [5.74, 6) is 0.729. The molecule has 2 nitrogen and oxygen atoms in total. The second-order valence-electron chi connectivity index (χ2n) is 6.46. The van der Waals surface area contributed by atoms with Crippen LogP contribution in [0.3, 0.4) is 0 Å². The van der Waals surface area contributed by atoms with Crippen LogP contribution < -0.4 is 5.32 Å². The topological polar surface area (TPSA) is 15.3 Å². The van der Waals surface area contributed by atoms with Crippen LogP contribution in [0.25, 0.3) is 0 Å². The average Bonchev–Trinajstić information content (AvgIpc) is 2.14. The van der Waals surface area contributed by atoms with Crippen LogP contribution in [0.2, 0.25) is 0 Å². The largest absolute Gasteiger partial charge is 0.316 e. The van der Waals surface area contributed by atoms with E-state index in [9.17, 15) is 0 Å². The molecule has 2 unspecified atom stereocenters. The second-order valence-corrected chi connectivity index (χ2v) is 6.46. The van der Waals surface area contributed by atoms with E-state index in [1.165, 1.54) is 13.0 Å². The zero-order valence-corrected chi connectivity index (χ0v) is 12.6. The van der Waals surface area contributed by atoms with Gasteiger partial charge in [0, 0.05) is 12.1 Å². The molecular formula is C14H32N2. The fourth-order valence-corrected chi connectivity index (χ4v) is 2.06. The highest BCUT2D eigenvalue weighted by Crippen LogP contribution is 2.22. The Morgan fingerprint density at radius 3 is 1.94 bits per heavy atom. The molecule has 0 amide bonds. The smallest absolute Gasteiger partial charge is 0.0125 e. The summed E-state index contributed by atoms with van der Waals surface area (Å²) in [4.78, 5) is 2.47. The molecule has 1 N–H and O–H groups in total. The first-order chi connectivity index (χ1) is 7.20. The first kappa shape index (κ1) is 15.9. The van der Waals surface area contributed by atoms with Gasteiger partial charge in [0.25, 0.3) is 0 Å². The summed E-state index contributed by atoms with van der Waals surface area (Å²) in [5, 5.41) is 3.44. The van der Waals surface area contributed by atoms with Gasteiger partial charge in [-0.1, -0.05) is 34.6 Å². The van der Waals surface area contributed by atoms with Crippen molar-refractivity contribution in [1.29, 1.82) is 0 Å². The van der Waals surface area contributed by atoms with Crippen molar-refractivity contribution in [2.75, 3.05) is 20.6 Å². The van der Waals surface area contributed by atoms with Gasteiger partial charge < -0.3 is 10.2 Å². The molecule has 0 aromatic carbocycles. The Bertz CT molecular complexity index is 182. The molecule has 0 spiro atoms. The van der Waals surface area contributed by atoms with Crippen LogP contribution in [0.5, 0.6) is 0 Å². The monoisotopic (exact) mass is 228 g/mol. The van der Waals surface area contributed by atoms with Crippen LogP contribution in [0.1, 0.15) is 48.0 Å². The highest BCUT2D eigenvalue weighted by Gasteiger charge is 2.23. The highest BCUT2D eigenvalue weighted by molar-refractivity contribution is 4.80. The third-order valence-electron chi connectivity index (χ3n) is 3.82. The van der Waals surface area contributed by atoms with Crippen LogP contribution in [0, 0.1) is 11.3 Å². The summed E-state index contributed by atoms with van der Waals surface area (Å²) in [5.41, 5.74) is 0.344. The number of nitrogens with one attached hydrogen (secondary N) is 1. The van der Waals surface area contributed by atoms with Gasteiger partial charge >= 0.3 is 0 Å². The first-order valence-electron chi connectivity index (χ1n) is 6.57. The molecule has 0 aliphatic carbocycles. The van der Waals surface area contributed by atoms with Gasteiger partial charge in [0.15, 0.2) is 0 Å². The molecule has 0 saturated heterocycles. The second kappa shape index (κ2) is 6.61. The van der Waals surface area contributed by atoms with Crippen LogP contribution in [0.4, 0.5) is 0 Å². The van der Waals surface area contributed by atoms with Gasteiger partial charge in [-0.15, -0.1) is 0 Å². The van der Waals surface area contributed by atoms with Crippen LogP contribution >= 0.6 is 0 Å². The molecule has 2 heteroatoms. The number of hydrogen-bond donors (Lipinski definition) is 1. The molecule has 0 aliphatic heterocycles. The van der Waals surface area contributed by atoms with Gasteiger partial charge in [-0.2, -0.15) is 0 Å². The van der Waals surface area contributed by atoms with E-state index in [1.54, 1.807) is 0 Å². The Hall–Kier alpha value is -0.0800. The van der Waals surface area contributed by atoms with Crippen molar-refractivity contribution in [1.82, 2.24) is 10.2 Å². The first-order valence-corrected chi connectivity index (χ1v) is 6.57. The van der Waals surface area contributed by atoms with E-state index in [4.69, 9.17) is 0 Å². The fourth-order valence-electron chi connectivity index (χ4n) is 2.06. The molecule has 98 valence electrons. The van der Waals surface area contributed by atoms with E-state index < -0.39 is 0 Å². The third-order valence-corrected chi connectivity index (χ3v) is 3.82. The standard InChI is InChI=1S/C14H32N2/c1-11(2)12(3)16(8)10-9-13(15-7)14(4,5)6/h11-13,15H,9-10H2,1-8H3. The lowest BCUT2D eigenvalue weighted by Gasteiger charge is -2.34. The molecule has 16 heavy (non-hydrogen) atoms. The van der Waals surface area contributed by atoms with Gasteiger partial charge in [-0.05, 0) is 45.3 Å². The van der Waals surface area contributed by atoms with E-state index in [1.807, 2.05) is 0 Å². The summed E-state index contributed by atoms with van der Waals surface area (Å²) >= 11 is 0. The highest BCUT2D eigenvalue weighted by atomic mass is 15.1. The summed E-state index contributed by atoms with van der Waals surface area (Å²) < 4.78 is 0. The maximum atomic E-state index is 3.44. The Balaban J connectivity index is 4.12. The minimum absolute atomic E-state index is 0.344. The summed E-state index contributed by atoms with van der Waals surface area (Å²) in [6.45, 7) is 15.0. The number of hydrogen-bond acceptors (Lipinski definition) is 2. The van der Waals surface area contributed by atoms with Crippen molar-refractivity contribution < 1.29 is 0 Å². The van der Waals surface area contributed by atoms with Crippen molar-refractivity contribution in [3.8, 4) is 0 Å². The van der Waals surface area contributed by atoms with Gasteiger partial charge in [0.2, 0.25) is 0 Å². The predicted octanol–water partition coefficient (Wildman–Crippen LogP) is 2.99. The lowest BCUT2D eigenvalue weighted by Crippen LogP contribution is -2.42. The zero-order chi connectivity index (χ0) is 12.9. The zero-order valence-electron chi connectivity index (χ0n) is 12.6. The van der Waals surface area contributed by atoms with E-state index >= 15 is 0 Å². The third kappa shape index (κ3) is 5.31. The Kier molecular flexibility index (Phi) is 6.57. The van der Waals surface area contributed by atoms with Crippen LogP contribution in [-0.4, -0.2) is 37.6 Å². The summed E-state index contributed by atoms with van der Waals surface area (Å²) in [6, 6.07) is 1.26. The van der Waals surface area contributed by atoms with Crippen molar-refractivity contribution in [3.05, 3.63) is 0 Å². The molecular weight excluding hydrogens is 196 g/mol. The van der Waals surface area contributed by atoms with Gasteiger partial charge in [-0.3, -0.25) is 0 Å². The van der Waals surface area contributed by atoms with E-state index in [2.05, 4.69) is 65.9 Å². The molecule has 0 bridgehead atoms. The van der Waals surface area contributed by atoms with Crippen molar-refractivity contribution in [2.24, 2.45) is 11.3 Å².